The van der Waals surface area contributed by atoms with E-state index in [1.807, 2.05) is 0 Å². The monoisotopic (exact) mass is 371 g/mol. The van der Waals surface area contributed by atoms with Gasteiger partial charge < -0.3 is 9.64 Å². The molecule has 1 unspecified atom stereocenters. The molecule has 2 fully saturated rings. The van der Waals surface area contributed by atoms with Crippen molar-refractivity contribution in [1.82, 2.24) is 4.90 Å². The summed E-state index contributed by atoms with van der Waals surface area (Å²) in [4.78, 5) is 14.6. The zero-order chi connectivity index (χ0) is 17.2. The smallest absolute Gasteiger partial charge is 0.261 e. The number of ether oxygens (including phenoxy) is 1. The highest BCUT2D eigenvalue weighted by Crippen LogP contribution is 2.30. The van der Waals surface area contributed by atoms with Crippen LogP contribution in [0.25, 0.3) is 0 Å². The molecule has 0 N–H and O–H groups in total. The average molecular weight is 372 g/mol. The van der Waals surface area contributed by atoms with Crippen LogP contribution in [0.1, 0.15) is 32.1 Å². The number of benzene rings is 1. The summed E-state index contributed by atoms with van der Waals surface area (Å²) in [6, 6.07) is 6.93. The van der Waals surface area contributed by atoms with Gasteiger partial charge in [0.15, 0.2) is 16.4 Å². The molecule has 1 aliphatic carbocycles. The molecule has 1 aliphatic heterocycles. The van der Waals surface area contributed by atoms with Gasteiger partial charge in [0.1, 0.15) is 5.75 Å². The third kappa shape index (κ3) is 4.03. The van der Waals surface area contributed by atoms with Crippen molar-refractivity contribution in [1.29, 1.82) is 0 Å². The van der Waals surface area contributed by atoms with Crippen LogP contribution in [0.15, 0.2) is 24.3 Å². The average Bonchev–Trinajstić information content (AvgIpc) is 3.17. The summed E-state index contributed by atoms with van der Waals surface area (Å²) in [7, 11) is -3.03. The summed E-state index contributed by atoms with van der Waals surface area (Å²) in [6.07, 6.45) is 4.57. The normalized spacial score (nSPS) is 23.3. The van der Waals surface area contributed by atoms with Crippen LogP contribution in [-0.2, 0) is 14.6 Å². The molecule has 3 rings (SSSR count). The Hall–Kier alpha value is -1.27. The Kier molecular flexibility index (Phi) is 5.35. The Labute approximate surface area is 147 Å². The van der Waals surface area contributed by atoms with E-state index >= 15 is 0 Å². The molecule has 1 saturated heterocycles. The van der Waals surface area contributed by atoms with Crippen molar-refractivity contribution in [2.24, 2.45) is 0 Å². The van der Waals surface area contributed by atoms with Gasteiger partial charge in [-0.3, -0.25) is 4.79 Å². The lowest BCUT2D eigenvalue weighted by molar-refractivity contribution is -0.137. The fourth-order valence-electron chi connectivity index (χ4n) is 3.66. The van der Waals surface area contributed by atoms with Crippen molar-refractivity contribution in [2.45, 2.75) is 44.2 Å². The molecule has 2 aliphatic rings. The van der Waals surface area contributed by atoms with E-state index < -0.39 is 9.84 Å². The summed E-state index contributed by atoms with van der Waals surface area (Å²) < 4.78 is 29.2. The number of amides is 1. The molecule has 5 nitrogen and oxygen atoms in total. The fourth-order valence-corrected chi connectivity index (χ4v) is 5.56. The minimum Gasteiger partial charge on any atom is -0.482 e. The Morgan fingerprint density at radius 3 is 2.50 bits per heavy atom. The van der Waals surface area contributed by atoms with Gasteiger partial charge in [0.05, 0.1) is 16.5 Å². The van der Waals surface area contributed by atoms with E-state index in [0.29, 0.717) is 17.2 Å². The van der Waals surface area contributed by atoms with Crippen molar-refractivity contribution in [2.75, 3.05) is 18.1 Å². The van der Waals surface area contributed by atoms with Gasteiger partial charge in [0, 0.05) is 12.1 Å². The van der Waals surface area contributed by atoms with Crippen molar-refractivity contribution >= 4 is 27.3 Å². The highest BCUT2D eigenvalue weighted by Gasteiger charge is 2.39. The SMILES string of the molecule is O=C(COc1ccccc1Cl)N(C1CCCC1)C1CCS(=O)(=O)C1. The highest BCUT2D eigenvalue weighted by molar-refractivity contribution is 7.91. The number of carbonyl (C=O) groups excluding carboxylic acids is 1. The zero-order valence-corrected chi connectivity index (χ0v) is 15.1. The summed E-state index contributed by atoms with van der Waals surface area (Å²) in [5.41, 5.74) is 0. The molecule has 1 atom stereocenters. The molecule has 0 radical (unpaired) electrons. The Bertz CT molecular complexity index is 700. The second-order valence-electron chi connectivity index (χ2n) is 6.52. The molecule has 132 valence electrons. The summed E-state index contributed by atoms with van der Waals surface area (Å²) in [5.74, 6) is 0.558. The van der Waals surface area contributed by atoms with Crippen LogP contribution in [0.4, 0.5) is 0 Å². The molecular weight excluding hydrogens is 350 g/mol. The van der Waals surface area contributed by atoms with E-state index in [2.05, 4.69) is 0 Å². The minimum absolute atomic E-state index is 0.0708. The number of halogens is 1. The van der Waals surface area contributed by atoms with Crippen LogP contribution in [0.3, 0.4) is 0 Å². The predicted molar refractivity (Wildman–Crippen MR) is 93.1 cm³/mol. The Morgan fingerprint density at radius 2 is 1.88 bits per heavy atom. The number of carbonyl (C=O) groups is 1. The number of hydrogen-bond donors (Lipinski definition) is 0. The van der Waals surface area contributed by atoms with E-state index in [0.717, 1.165) is 25.7 Å². The summed E-state index contributed by atoms with van der Waals surface area (Å²) >= 11 is 6.05. The highest BCUT2D eigenvalue weighted by atomic mass is 35.5. The quantitative estimate of drug-likeness (QED) is 0.798. The second kappa shape index (κ2) is 7.31. The van der Waals surface area contributed by atoms with Crippen LogP contribution in [0, 0.1) is 0 Å². The van der Waals surface area contributed by atoms with Crippen LogP contribution >= 0.6 is 11.6 Å². The largest absolute Gasteiger partial charge is 0.482 e. The van der Waals surface area contributed by atoms with Crippen molar-refractivity contribution in [3.63, 3.8) is 0 Å². The molecular formula is C17H22ClNO4S. The first-order valence-corrected chi connectivity index (χ1v) is 10.5. The molecule has 1 aromatic rings. The van der Waals surface area contributed by atoms with Crippen LogP contribution < -0.4 is 4.74 Å². The van der Waals surface area contributed by atoms with Crippen LogP contribution in [0.5, 0.6) is 5.75 Å². The van der Waals surface area contributed by atoms with Crippen molar-refractivity contribution < 1.29 is 17.9 Å². The number of para-hydroxylation sites is 1. The van der Waals surface area contributed by atoms with E-state index in [4.69, 9.17) is 16.3 Å². The molecule has 24 heavy (non-hydrogen) atoms. The molecule has 0 spiro atoms. The van der Waals surface area contributed by atoms with E-state index in [1.165, 1.54) is 0 Å². The van der Waals surface area contributed by atoms with Gasteiger partial charge in [0.25, 0.3) is 5.91 Å². The van der Waals surface area contributed by atoms with E-state index in [9.17, 15) is 13.2 Å². The minimum atomic E-state index is -3.03. The molecule has 0 bridgehead atoms. The molecule has 1 heterocycles. The van der Waals surface area contributed by atoms with E-state index in [-0.39, 0.29) is 36.1 Å². The van der Waals surface area contributed by atoms with Gasteiger partial charge in [-0.1, -0.05) is 36.6 Å². The summed E-state index contributed by atoms with van der Waals surface area (Å²) in [6.45, 7) is -0.114. The first-order valence-electron chi connectivity index (χ1n) is 8.35. The second-order valence-corrected chi connectivity index (χ2v) is 9.15. The zero-order valence-electron chi connectivity index (χ0n) is 13.5. The first kappa shape index (κ1) is 17.5. The number of rotatable bonds is 5. The van der Waals surface area contributed by atoms with Gasteiger partial charge in [-0.2, -0.15) is 0 Å². The van der Waals surface area contributed by atoms with Crippen LogP contribution in [-0.4, -0.2) is 49.4 Å². The van der Waals surface area contributed by atoms with Gasteiger partial charge in [-0.05, 0) is 31.4 Å². The van der Waals surface area contributed by atoms with Gasteiger partial charge in [-0.15, -0.1) is 0 Å². The van der Waals surface area contributed by atoms with Gasteiger partial charge >= 0.3 is 0 Å². The molecule has 0 aromatic heterocycles. The first-order chi connectivity index (χ1) is 11.5. The maximum atomic E-state index is 12.8. The third-order valence-electron chi connectivity index (χ3n) is 4.80. The molecule has 1 saturated carbocycles. The van der Waals surface area contributed by atoms with Gasteiger partial charge in [-0.25, -0.2) is 8.42 Å². The fraction of sp³-hybridized carbons (Fsp3) is 0.588. The number of nitrogens with zero attached hydrogens (tertiary/aromatic N) is 1. The lowest BCUT2D eigenvalue weighted by atomic mass is 10.1. The predicted octanol–water partition coefficient (Wildman–Crippen LogP) is 2.68. The van der Waals surface area contributed by atoms with E-state index in [1.54, 1.807) is 29.2 Å². The molecule has 1 aromatic carbocycles. The lowest BCUT2D eigenvalue weighted by Crippen LogP contribution is -2.48. The maximum Gasteiger partial charge on any atom is 0.261 e. The Balaban J connectivity index is 1.70. The number of sulfone groups is 1. The molecule has 7 heteroatoms. The third-order valence-corrected chi connectivity index (χ3v) is 6.86. The van der Waals surface area contributed by atoms with Crippen LogP contribution in [0.2, 0.25) is 5.02 Å². The van der Waals surface area contributed by atoms with Gasteiger partial charge in [0.2, 0.25) is 0 Å². The number of hydrogen-bond acceptors (Lipinski definition) is 4. The Morgan fingerprint density at radius 1 is 1.17 bits per heavy atom. The molecule has 1 amide bonds. The lowest BCUT2D eigenvalue weighted by Gasteiger charge is -2.34. The van der Waals surface area contributed by atoms with Crippen molar-refractivity contribution in [3.05, 3.63) is 29.3 Å². The summed E-state index contributed by atoms with van der Waals surface area (Å²) in [5, 5.41) is 0.459. The topological polar surface area (TPSA) is 63.7 Å². The van der Waals surface area contributed by atoms with Crippen molar-refractivity contribution in [3.8, 4) is 5.75 Å². The standard InChI is InChI=1S/C17H22ClNO4S/c18-15-7-3-4-8-16(15)23-11-17(20)19(13-5-1-2-6-13)14-9-10-24(21,22)12-14/h3-4,7-8,13-14H,1-2,5-6,9-12H2. The maximum absolute atomic E-state index is 12.8.